The van der Waals surface area contributed by atoms with E-state index in [1.165, 1.54) is 18.5 Å². The van der Waals surface area contributed by atoms with Crippen LogP contribution in [0.1, 0.15) is 37.8 Å². The molecule has 2 aromatic carbocycles. The van der Waals surface area contributed by atoms with Crippen molar-refractivity contribution in [3.63, 3.8) is 0 Å². The number of alkyl halides is 3. The molecule has 0 saturated carbocycles. The molecule has 0 aliphatic carbocycles. The van der Waals surface area contributed by atoms with Crippen LogP contribution in [0.4, 0.5) is 24.5 Å². The monoisotopic (exact) mass is 523 g/mol. The third-order valence-electron chi connectivity index (χ3n) is 6.43. The molecule has 0 atom stereocenters. The van der Waals surface area contributed by atoms with Gasteiger partial charge in [-0.3, -0.25) is 4.79 Å². The van der Waals surface area contributed by atoms with Gasteiger partial charge in [0.05, 0.1) is 23.1 Å². The van der Waals surface area contributed by atoms with Crippen LogP contribution in [0.25, 0.3) is 28.3 Å². The minimum absolute atomic E-state index is 0.133. The first-order valence-corrected chi connectivity index (χ1v) is 12.5. The number of anilines is 2. The van der Waals surface area contributed by atoms with Crippen LogP contribution in [-0.4, -0.2) is 33.9 Å². The molecule has 3 heterocycles. The number of benzene rings is 2. The van der Waals surface area contributed by atoms with E-state index in [4.69, 9.17) is 4.42 Å². The van der Waals surface area contributed by atoms with E-state index in [2.05, 4.69) is 15.4 Å². The standard InChI is InChI=1S/C28H28F3N5O2/c1-17(2)33-24-14-23(19-10-18(3)11-20(12-19)26-15-32-16-38-26)34-36(27(24)37)25-13-21(35-8-4-5-9-35)6-7-22(25)28(29,30)31/h6-7,10-17,33H,4-5,8-9H2,1-3H3. The Kier molecular flexibility index (Phi) is 6.73. The lowest BCUT2D eigenvalue weighted by Crippen LogP contribution is -2.29. The van der Waals surface area contributed by atoms with Crippen LogP contribution in [0, 0.1) is 6.92 Å². The summed E-state index contributed by atoms with van der Waals surface area (Å²) in [6, 6.07) is 11.0. The number of hydrogen-bond acceptors (Lipinski definition) is 6. The average Bonchev–Trinajstić information content (AvgIpc) is 3.59. The predicted molar refractivity (Wildman–Crippen MR) is 141 cm³/mol. The van der Waals surface area contributed by atoms with E-state index in [9.17, 15) is 18.0 Å². The molecule has 0 unspecified atom stereocenters. The summed E-state index contributed by atoms with van der Waals surface area (Å²) in [5.74, 6) is 0.543. The quantitative estimate of drug-likeness (QED) is 0.320. The van der Waals surface area contributed by atoms with Crippen molar-refractivity contribution in [2.24, 2.45) is 0 Å². The van der Waals surface area contributed by atoms with Gasteiger partial charge in [-0.1, -0.05) is 0 Å². The van der Waals surface area contributed by atoms with Crippen LogP contribution >= 0.6 is 0 Å². The van der Waals surface area contributed by atoms with Crippen LogP contribution in [-0.2, 0) is 6.18 Å². The van der Waals surface area contributed by atoms with Gasteiger partial charge in [0.15, 0.2) is 12.2 Å². The third-order valence-corrected chi connectivity index (χ3v) is 6.43. The Morgan fingerprint density at radius 3 is 2.42 bits per heavy atom. The van der Waals surface area contributed by atoms with E-state index in [1.54, 1.807) is 12.3 Å². The number of aryl methyl sites for hydroxylation is 1. The molecule has 7 nitrogen and oxygen atoms in total. The normalized spacial score (nSPS) is 13.9. The van der Waals surface area contributed by atoms with Crippen LogP contribution in [0.15, 0.2) is 64.3 Å². The summed E-state index contributed by atoms with van der Waals surface area (Å²) < 4.78 is 48.9. The smallest absolute Gasteiger partial charge is 0.418 e. The van der Waals surface area contributed by atoms with Crippen LogP contribution in [0.3, 0.4) is 0 Å². The summed E-state index contributed by atoms with van der Waals surface area (Å²) in [6.45, 7) is 7.11. The van der Waals surface area contributed by atoms with Gasteiger partial charge in [0.1, 0.15) is 5.69 Å². The molecule has 2 aromatic heterocycles. The Hall–Kier alpha value is -4.08. The maximum absolute atomic E-state index is 14.2. The van der Waals surface area contributed by atoms with Gasteiger partial charge in [0, 0.05) is 35.9 Å². The van der Waals surface area contributed by atoms with E-state index < -0.39 is 17.3 Å². The van der Waals surface area contributed by atoms with E-state index >= 15 is 0 Å². The molecule has 0 radical (unpaired) electrons. The van der Waals surface area contributed by atoms with Gasteiger partial charge in [0.2, 0.25) is 0 Å². The summed E-state index contributed by atoms with van der Waals surface area (Å²) in [4.78, 5) is 19.5. The van der Waals surface area contributed by atoms with Crippen LogP contribution in [0.5, 0.6) is 0 Å². The molecular formula is C28H28F3N5O2. The topological polar surface area (TPSA) is 76.2 Å². The molecule has 1 aliphatic heterocycles. The maximum Gasteiger partial charge on any atom is 0.418 e. The van der Waals surface area contributed by atoms with E-state index in [0.717, 1.165) is 47.8 Å². The zero-order chi connectivity index (χ0) is 27.0. The van der Waals surface area contributed by atoms with Gasteiger partial charge in [-0.2, -0.15) is 23.0 Å². The Morgan fingerprint density at radius 2 is 1.76 bits per heavy atom. The Bertz CT molecular complexity index is 1500. The first kappa shape index (κ1) is 25.6. The largest absolute Gasteiger partial charge is 0.444 e. The highest BCUT2D eigenvalue weighted by molar-refractivity contribution is 5.72. The zero-order valence-electron chi connectivity index (χ0n) is 21.3. The molecule has 1 aliphatic rings. The van der Waals surface area contributed by atoms with Crippen molar-refractivity contribution in [1.29, 1.82) is 0 Å². The van der Waals surface area contributed by atoms with Gasteiger partial charge >= 0.3 is 6.18 Å². The van der Waals surface area contributed by atoms with Gasteiger partial charge in [0.25, 0.3) is 5.56 Å². The van der Waals surface area contributed by atoms with Gasteiger partial charge in [-0.05, 0) is 81.6 Å². The van der Waals surface area contributed by atoms with Crippen molar-refractivity contribution in [2.75, 3.05) is 23.3 Å². The fourth-order valence-corrected chi connectivity index (χ4v) is 4.75. The number of nitrogens with one attached hydrogen (secondary N) is 1. The van der Waals surface area contributed by atoms with Gasteiger partial charge < -0.3 is 14.6 Å². The van der Waals surface area contributed by atoms with Crippen LogP contribution < -0.4 is 15.8 Å². The minimum Gasteiger partial charge on any atom is -0.444 e. The fourth-order valence-electron chi connectivity index (χ4n) is 4.75. The van der Waals surface area contributed by atoms with Crippen molar-refractivity contribution in [1.82, 2.24) is 14.8 Å². The Labute approximate surface area is 217 Å². The molecule has 0 bridgehead atoms. The molecule has 0 spiro atoms. The number of aromatic nitrogens is 3. The van der Waals surface area contributed by atoms with Crippen molar-refractivity contribution in [3.8, 4) is 28.3 Å². The summed E-state index contributed by atoms with van der Waals surface area (Å²) >= 11 is 0. The SMILES string of the molecule is Cc1cc(-c2cc(NC(C)C)c(=O)n(-c3cc(N4CCCC4)ccc3C(F)(F)F)n2)cc(-c2cnco2)c1. The van der Waals surface area contributed by atoms with Crippen molar-refractivity contribution in [2.45, 2.75) is 45.8 Å². The van der Waals surface area contributed by atoms with E-state index in [-0.39, 0.29) is 17.4 Å². The molecule has 4 aromatic rings. The second-order valence-corrected chi connectivity index (χ2v) is 9.81. The molecule has 5 rings (SSSR count). The highest BCUT2D eigenvalue weighted by Gasteiger charge is 2.35. The summed E-state index contributed by atoms with van der Waals surface area (Å²) in [6.07, 6.45) is 0.162. The average molecular weight is 524 g/mol. The summed E-state index contributed by atoms with van der Waals surface area (Å²) in [5.41, 5.74) is 1.51. The van der Waals surface area contributed by atoms with Crippen LogP contribution in [0.2, 0.25) is 0 Å². The first-order chi connectivity index (χ1) is 18.1. The summed E-state index contributed by atoms with van der Waals surface area (Å²) in [7, 11) is 0. The van der Waals surface area contributed by atoms with E-state index in [0.29, 0.717) is 22.7 Å². The Morgan fingerprint density at radius 1 is 1.03 bits per heavy atom. The molecule has 1 saturated heterocycles. The molecule has 38 heavy (non-hydrogen) atoms. The number of halogens is 3. The fraction of sp³-hybridized carbons (Fsp3) is 0.321. The number of rotatable bonds is 6. The van der Waals surface area contributed by atoms with Crippen molar-refractivity contribution in [3.05, 3.63) is 76.5 Å². The number of hydrogen-bond donors (Lipinski definition) is 1. The maximum atomic E-state index is 14.2. The molecule has 1 N–H and O–H groups in total. The Balaban J connectivity index is 1.74. The van der Waals surface area contributed by atoms with Gasteiger partial charge in [-0.15, -0.1) is 0 Å². The second kappa shape index (κ2) is 10.00. The molecule has 10 heteroatoms. The van der Waals surface area contributed by atoms with Crippen molar-refractivity contribution >= 4 is 11.4 Å². The lowest BCUT2D eigenvalue weighted by molar-refractivity contribution is -0.137. The molecular weight excluding hydrogens is 495 g/mol. The molecule has 1 fully saturated rings. The lowest BCUT2D eigenvalue weighted by Gasteiger charge is -2.22. The minimum atomic E-state index is -4.68. The lowest BCUT2D eigenvalue weighted by atomic mass is 10.0. The number of oxazole rings is 1. The number of nitrogens with zero attached hydrogens (tertiary/aromatic N) is 4. The first-order valence-electron chi connectivity index (χ1n) is 12.5. The predicted octanol–water partition coefficient (Wildman–Crippen LogP) is 6.30. The molecule has 0 amide bonds. The summed E-state index contributed by atoms with van der Waals surface area (Å²) in [5, 5.41) is 7.57. The zero-order valence-corrected chi connectivity index (χ0v) is 21.3. The second-order valence-electron chi connectivity index (χ2n) is 9.81. The highest BCUT2D eigenvalue weighted by atomic mass is 19.4. The van der Waals surface area contributed by atoms with Gasteiger partial charge in [-0.25, -0.2) is 4.98 Å². The van der Waals surface area contributed by atoms with Crippen molar-refractivity contribution < 1.29 is 17.6 Å². The molecule has 198 valence electrons. The third kappa shape index (κ3) is 5.16. The highest BCUT2D eigenvalue weighted by Crippen LogP contribution is 2.37. The van der Waals surface area contributed by atoms with E-state index in [1.807, 2.05) is 43.9 Å².